The Balaban J connectivity index is 1.51. The number of aryl methyl sites for hydroxylation is 1. The predicted octanol–water partition coefficient (Wildman–Crippen LogP) is 2.62. The van der Waals surface area contributed by atoms with Crippen molar-refractivity contribution in [3.8, 4) is 0 Å². The summed E-state index contributed by atoms with van der Waals surface area (Å²) in [7, 11) is 0. The summed E-state index contributed by atoms with van der Waals surface area (Å²) >= 11 is 0. The molecule has 3 rings (SSSR count). The van der Waals surface area contributed by atoms with Gasteiger partial charge in [0.15, 0.2) is 0 Å². The summed E-state index contributed by atoms with van der Waals surface area (Å²) in [5.41, 5.74) is 2.64. The molecule has 0 saturated heterocycles. The average molecular weight is 326 g/mol. The summed E-state index contributed by atoms with van der Waals surface area (Å²) in [5, 5.41) is 10.8. The third-order valence-electron chi connectivity index (χ3n) is 4.95. The lowest BCUT2D eigenvalue weighted by Gasteiger charge is -2.27. The molecule has 0 aliphatic heterocycles. The van der Waals surface area contributed by atoms with Crippen molar-refractivity contribution in [3.05, 3.63) is 53.9 Å². The molecule has 1 heterocycles. The fourth-order valence-corrected chi connectivity index (χ4v) is 3.32. The van der Waals surface area contributed by atoms with Crippen molar-refractivity contribution < 1.29 is 4.79 Å². The first-order chi connectivity index (χ1) is 11.6. The highest BCUT2D eigenvalue weighted by Gasteiger charge is 2.22. The summed E-state index contributed by atoms with van der Waals surface area (Å²) in [6.07, 6.45) is 6.97. The summed E-state index contributed by atoms with van der Waals surface area (Å²) in [6, 6.07) is 10.8. The third kappa shape index (κ3) is 3.85. The van der Waals surface area contributed by atoms with E-state index in [4.69, 9.17) is 0 Å². The Morgan fingerprint density at radius 3 is 2.96 bits per heavy atom. The number of hydrogen-bond donors (Lipinski definition) is 2. The van der Waals surface area contributed by atoms with E-state index in [0.717, 1.165) is 19.3 Å². The van der Waals surface area contributed by atoms with Crippen molar-refractivity contribution in [2.24, 2.45) is 0 Å². The molecule has 0 saturated carbocycles. The van der Waals surface area contributed by atoms with Crippen LogP contribution >= 0.6 is 0 Å². The molecule has 5 heteroatoms. The number of benzene rings is 1. The smallest absolute Gasteiger partial charge is 0.234 e. The molecule has 0 bridgehead atoms. The van der Waals surface area contributed by atoms with Gasteiger partial charge in [-0.1, -0.05) is 24.3 Å². The lowest BCUT2D eigenvalue weighted by Crippen LogP contribution is -2.42. The SMILES string of the molecule is C[C@H](NCC(=O)N[C@H]1CCCc2ccccc21)[C@H](C)n1cccn1. The average Bonchev–Trinajstić information content (AvgIpc) is 3.14. The number of nitrogens with one attached hydrogen (secondary N) is 2. The molecule has 1 aliphatic carbocycles. The largest absolute Gasteiger partial charge is 0.348 e. The van der Waals surface area contributed by atoms with Crippen molar-refractivity contribution in [1.29, 1.82) is 0 Å². The third-order valence-corrected chi connectivity index (χ3v) is 4.95. The second kappa shape index (κ2) is 7.62. The van der Waals surface area contributed by atoms with Gasteiger partial charge < -0.3 is 10.6 Å². The van der Waals surface area contributed by atoms with Crippen molar-refractivity contribution in [3.63, 3.8) is 0 Å². The Morgan fingerprint density at radius 2 is 2.17 bits per heavy atom. The van der Waals surface area contributed by atoms with Gasteiger partial charge in [-0.15, -0.1) is 0 Å². The number of amides is 1. The minimum absolute atomic E-state index is 0.0521. The Kier molecular flexibility index (Phi) is 5.30. The van der Waals surface area contributed by atoms with Crippen LogP contribution in [-0.4, -0.2) is 28.3 Å². The molecule has 1 aliphatic rings. The summed E-state index contributed by atoms with van der Waals surface area (Å²) < 4.78 is 1.91. The molecule has 0 unspecified atom stereocenters. The van der Waals surface area contributed by atoms with Crippen molar-refractivity contribution in [1.82, 2.24) is 20.4 Å². The number of aromatic nitrogens is 2. The molecule has 0 radical (unpaired) electrons. The Labute approximate surface area is 143 Å². The molecule has 2 N–H and O–H groups in total. The normalized spacial score (nSPS) is 19.3. The number of hydrogen-bond acceptors (Lipinski definition) is 3. The minimum Gasteiger partial charge on any atom is -0.348 e. The van der Waals surface area contributed by atoms with Crippen LogP contribution in [0.25, 0.3) is 0 Å². The molecule has 2 aromatic rings. The molecule has 3 atom stereocenters. The van der Waals surface area contributed by atoms with E-state index in [1.807, 2.05) is 16.9 Å². The first kappa shape index (κ1) is 16.7. The summed E-state index contributed by atoms with van der Waals surface area (Å²) in [5.74, 6) is 0.0521. The quantitative estimate of drug-likeness (QED) is 0.858. The van der Waals surface area contributed by atoms with Crippen LogP contribution in [0.15, 0.2) is 42.7 Å². The lowest BCUT2D eigenvalue weighted by atomic mass is 9.88. The monoisotopic (exact) mass is 326 g/mol. The van der Waals surface area contributed by atoms with Gasteiger partial charge in [0, 0.05) is 18.4 Å². The second-order valence-corrected chi connectivity index (χ2v) is 6.61. The maximum Gasteiger partial charge on any atom is 0.234 e. The standard InChI is InChI=1S/C19H26N4O/c1-14(15(2)23-12-6-11-21-23)20-13-19(24)22-18-10-5-8-16-7-3-4-9-17(16)18/h3-4,6-7,9,11-12,14-15,18,20H,5,8,10,13H2,1-2H3,(H,22,24)/t14-,15-,18-/m0/s1. The molecule has 0 fully saturated rings. The van der Waals surface area contributed by atoms with Gasteiger partial charge in [0.25, 0.3) is 0 Å². The van der Waals surface area contributed by atoms with Gasteiger partial charge >= 0.3 is 0 Å². The Morgan fingerprint density at radius 1 is 1.33 bits per heavy atom. The number of fused-ring (bicyclic) bond motifs is 1. The van der Waals surface area contributed by atoms with Crippen LogP contribution in [0.1, 0.15) is 49.9 Å². The van der Waals surface area contributed by atoms with Crippen LogP contribution in [0.3, 0.4) is 0 Å². The zero-order chi connectivity index (χ0) is 16.9. The highest BCUT2D eigenvalue weighted by Crippen LogP contribution is 2.29. The molecule has 1 aromatic heterocycles. The van der Waals surface area contributed by atoms with Crippen molar-refractivity contribution in [2.75, 3.05) is 6.54 Å². The lowest BCUT2D eigenvalue weighted by molar-refractivity contribution is -0.121. The zero-order valence-electron chi connectivity index (χ0n) is 14.4. The molecular formula is C19H26N4O. The number of nitrogens with zero attached hydrogens (tertiary/aromatic N) is 2. The van der Waals surface area contributed by atoms with Crippen LogP contribution in [0.5, 0.6) is 0 Å². The van der Waals surface area contributed by atoms with Crippen LogP contribution < -0.4 is 10.6 Å². The first-order valence-electron chi connectivity index (χ1n) is 8.75. The second-order valence-electron chi connectivity index (χ2n) is 6.61. The molecule has 1 amide bonds. The van der Waals surface area contributed by atoms with Gasteiger partial charge in [0.1, 0.15) is 0 Å². The maximum atomic E-state index is 12.3. The van der Waals surface area contributed by atoms with E-state index in [2.05, 4.69) is 53.8 Å². The van der Waals surface area contributed by atoms with E-state index in [-0.39, 0.29) is 24.0 Å². The summed E-state index contributed by atoms with van der Waals surface area (Å²) in [6.45, 7) is 4.50. The van der Waals surface area contributed by atoms with Crippen LogP contribution in [0.4, 0.5) is 0 Å². The van der Waals surface area contributed by atoms with Gasteiger partial charge in [0.05, 0.1) is 18.6 Å². The van der Waals surface area contributed by atoms with Gasteiger partial charge in [-0.2, -0.15) is 5.10 Å². The highest BCUT2D eigenvalue weighted by molar-refractivity contribution is 5.78. The minimum atomic E-state index is 0.0521. The van der Waals surface area contributed by atoms with Crippen molar-refractivity contribution >= 4 is 5.91 Å². The van der Waals surface area contributed by atoms with Crippen LogP contribution in [0.2, 0.25) is 0 Å². The number of carbonyl (C=O) groups is 1. The number of carbonyl (C=O) groups excluding carboxylic acids is 1. The van der Waals surface area contributed by atoms with E-state index >= 15 is 0 Å². The van der Waals surface area contributed by atoms with Crippen LogP contribution in [-0.2, 0) is 11.2 Å². The van der Waals surface area contributed by atoms with E-state index in [9.17, 15) is 4.79 Å². The molecule has 0 spiro atoms. The molecular weight excluding hydrogens is 300 g/mol. The Bertz CT molecular complexity index is 668. The maximum absolute atomic E-state index is 12.3. The van der Waals surface area contributed by atoms with E-state index in [1.165, 1.54) is 11.1 Å². The van der Waals surface area contributed by atoms with E-state index in [1.54, 1.807) is 6.20 Å². The fraction of sp³-hybridized carbons (Fsp3) is 0.474. The van der Waals surface area contributed by atoms with Gasteiger partial charge in [-0.25, -0.2) is 0 Å². The Hall–Kier alpha value is -2.14. The van der Waals surface area contributed by atoms with Crippen molar-refractivity contribution in [2.45, 2.75) is 51.2 Å². The molecule has 1 aromatic carbocycles. The number of rotatable bonds is 6. The molecule has 5 nitrogen and oxygen atoms in total. The van der Waals surface area contributed by atoms with Crippen LogP contribution in [0, 0.1) is 0 Å². The predicted molar refractivity (Wildman–Crippen MR) is 94.7 cm³/mol. The summed E-state index contributed by atoms with van der Waals surface area (Å²) in [4.78, 5) is 12.3. The van der Waals surface area contributed by atoms with E-state index < -0.39 is 0 Å². The topological polar surface area (TPSA) is 59.0 Å². The fourth-order valence-electron chi connectivity index (χ4n) is 3.32. The highest BCUT2D eigenvalue weighted by atomic mass is 16.2. The zero-order valence-corrected chi connectivity index (χ0v) is 14.4. The molecule has 24 heavy (non-hydrogen) atoms. The van der Waals surface area contributed by atoms with Gasteiger partial charge in [-0.05, 0) is 50.3 Å². The first-order valence-corrected chi connectivity index (χ1v) is 8.75. The van der Waals surface area contributed by atoms with E-state index in [0.29, 0.717) is 6.54 Å². The van der Waals surface area contributed by atoms with Gasteiger partial charge in [0.2, 0.25) is 5.91 Å². The molecule has 128 valence electrons. The van der Waals surface area contributed by atoms with Gasteiger partial charge in [-0.3, -0.25) is 9.48 Å².